The summed E-state index contributed by atoms with van der Waals surface area (Å²) in [5.41, 5.74) is 3.99. The highest BCUT2D eigenvalue weighted by Crippen LogP contribution is 2.19. The Labute approximate surface area is 128 Å². The number of hydrogen-bond acceptors (Lipinski definition) is 2. The van der Waals surface area contributed by atoms with Crippen molar-refractivity contribution in [2.45, 2.75) is 52.6 Å². The van der Waals surface area contributed by atoms with Gasteiger partial charge in [0.1, 0.15) is 0 Å². The van der Waals surface area contributed by atoms with Crippen LogP contribution in [0.1, 0.15) is 49.4 Å². The van der Waals surface area contributed by atoms with Gasteiger partial charge in [-0.1, -0.05) is 43.7 Å². The molecule has 0 aliphatic rings. The average molecular weight is 285 g/mol. The SMILES string of the molecule is CCCNC(Cc1cccc(C)c1)c1cnn(CCC)c1. The van der Waals surface area contributed by atoms with Crippen LogP contribution in [-0.2, 0) is 13.0 Å². The standard InChI is InChI=1S/C18H27N3/c1-4-9-19-18(12-16-8-6-7-15(3)11-16)17-13-20-21(14-17)10-5-2/h6-8,11,13-14,18-19H,4-5,9-10,12H2,1-3H3. The molecule has 1 heterocycles. The van der Waals surface area contributed by atoms with Crippen molar-refractivity contribution < 1.29 is 0 Å². The molecule has 3 heteroatoms. The molecule has 0 aliphatic heterocycles. The molecule has 1 N–H and O–H groups in total. The molecule has 0 spiro atoms. The molecule has 2 rings (SSSR count). The summed E-state index contributed by atoms with van der Waals surface area (Å²) in [6, 6.07) is 9.12. The van der Waals surface area contributed by atoms with Gasteiger partial charge in [0, 0.05) is 24.3 Å². The smallest absolute Gasteiger partial charge is 0.0537 e. The Morgan fingerprint density at radius 1 is 1.24 bits per heavy atom. The summed E-state index contributed by atoms with van der Waals surface area (Å²) in [6.45, 7) is 8.57. The van der Waals surface area contributed by atoms with E-state index in [1.54, 1.807) is 0 Å². The van der Waals surface area contributed by atoms with Crippen LogP contribution in [0.5, 0.6) is 0 Å². The normalized spacial score (nSPS) is 12.5. The highest BCUT2D eigenvalue weighted by Gasteiger charge is 2.13. The third-order valence-electron chi connectivity index (χ3n) is 3.67. The van der Waals surface area contributed by atoms with Crippen LogP contribution < -0.4 is 5.32 Å². The summed E-state index contributed by atoms with van der Waals surface area (Å²) in [4.78, 5) is 0. The Morgan fingerprint density at radius 3 is 2.81 bits per heavy atom. The Hall–Kier alpha value is -1.61. The molecule has 0 amide bonds. The zero-order chi connectivity index (χ0) is 15.1. The molecular weight excluding hydrogens is 258 g/mol. The highest BCUT2D eigenvalue weighted by atomic mass is 15.3. The number of aryl methyl sites for hydroxylation is 2. The summed E-state index contributed by atoms with van der Waals surface area (Å²) in [5, 5.41) is 8.13. The third-order valence-corrected chi connectivity index (χ3v) is 3.67. The van der Waals surface area contributed by atoms with E-state index in [0.29, 0.717) is 6.04 Å². The van der Waals surface area contributed by atoms with E-state index in [2.05, 4.69) is 61.6 Å². The first-order chi connectivity index (χ1) is 10.2. The molecule has 1 aromatic carbocycles. The number of nitrogens with one attached hydrogen (secondary N) is 1. The summed E-state index contributed by atoms with van der Waals surface area (Å²) in [5.74, 6) is 0. The van der Waals surface area contributed by atoms with Crippen molar-refractivity contribution >= 4 is 0 Å². The van der Waals surface area contributed by atoms with E-state index in [0.717, 1.165) is 32.4 Å². The van der Waals surface area contributed by atoms with Crippen LogP contribution in [0.2, 0.25) is 0 Å². The average Bonchev–Trinajstić information content (AvgIpc) is 2.92. The minimum atomic E-state index is 0.345. The number of aromatic nitrogens is 2. The van der Waals surface area contributed by atoms with Crippen LogP contribution in [0.4, 0.5) is 0 Å². The number of rotatable bonds is 8. The fraction of sp³-hybridized carbons (Fsp3) is 0.500. The van der Waals surface area contributed by atoms with Crippen LogP contribution in [0.15, 0.2) is 36.7 Å². The second kappa shape index (κ2) is 7.99. The van der Waals surface area contributed by atoms with Crippen molar-refractivity contribution in [2.75, 3.05) is 6.54 Å². The van der Waals surface area contributed by atoms with Crippen molar-refractivity contribution in [1.29, 1.82) is 0 Å². The molecule has 21 heavy (non-hydrogen) atoms. The van der Waals surface area contributed by atoms with Gasteiger partial charge in [-0.15, -0.1) is 0 Å². The number of benzene rings is 1. The van der Waals surface area contributed by atoms with Gasteiger partial charge in [0.05, 0.1) is 6.20 Å². The summed E-state index contributed by atoms with van der Waals surface area (Å²) in [7, 11) is 0. The monoisotopic (exact) mass is 285 g/mol. The maximum atomic E-state index is 4.47. The first-order valence-electron chi connectivity index (χ1n) is 8.04. The Balaban J connectivity index is 2.12. The second-order valence-corrected chi connectivity index (χ2v) is 5.74. The predicted molar refractivity (Wildman–Crippen MR) is 88.4 cm³/mol. The molecule has 1 unspecified atom stereocenters. The topological polar surface area (TPSA) is 29.9 Å². The molecular formula is C18H27N3. The zero-order valence-electron chi connectivity index (χ0n) is 13.5. The molecule has 114 valence electrons. The van der Waals surface area contributed by atoms with E-state index in [1.165, 1.54) is 16.7 Å². The predicted octanol–water partition coefficient (Wildman–Crippen LogP) is 3.88. The van der Waals surface area contributed by atoms with Crippen molar-refractivity contribution in [1.82, 2.24) is 15.1 Å². The van der Waals surface area contributed by atoms with E-state index < -0.39 is 0 Å². The maximum absolute atomic E-state index is 4.47. The van der Waals surface area contributed by atoms with Crippen LogP contribution in [0, 0.1) is 6.92 Å². The highest BCUT2D eigenvalue weighted by molar-refractivity contribution is 5.25. The number of nitrogens with zero attached hydrogens (tertiary/aromatic N) is 2. The lowest BCUT2D eigenvalue weighted by Crippen LogP contribution is -2.23. The quantitative estimate of drug-likeness (QED) is 0.797. The Morgan fingerprint density at radius 2 is 2.10 bits per heavy atom. The Kier molecular flexibility index (Phi) is 6.00. The van der Waals surface area contributed by atoms with E-state index >= 15 is 0 Å². The second-order valence-electron chi connectivity index (χ2n) is 5.74. The zero-order valence-corrected chi connectivity index (χ0v) is 13.5. The van der Waals surface area contributed by atoms with Crippen molar-refractivity contribution in [3.05, 3.63) is 53.3 Å². The van der Waals surface area contributed by atoms with Crippen molar-refractivity contribution in [2.24, 2.45) is 0 Å². The number of hydrogen-bond donors (Lipinski definition) is 1. The summed E-state index contributed by atoms with van der Waals surface area (Å²) >= 11 is 0. The lowest BCUT2D eigenvalue weighted by molar-refractivity contribution is 0.527. The largest absolute Gasteiger partial charge is 0.310 e. The maximum Gasteiger partial charge on any atom is 0.0537 e. The van der Waals surface area contributed by atoms with E-state index in [-0.39, 0.29) is 0 Å². The minimum Gasteiger partial charge on any atom is -0.310 e. The minimum absolute atomic E-state index is 0.345. The van der Waals surface area contributed by atoms with Gasteiger partial charge >= 0.3 is 0 Å². The van der Waals surface area contributed by atoms with Gasteiger partial charge in [0.2, 0.25) is 0 Å². The first kappa shape index (κ1) is 15.8. The van der Waals surface area contributed by atoms with Gasteiger partial charge in [-0.25, -0.2) is 0 Å². The molecule has 2 aromatic rings. The lowest BCUT2D eigenvalue weighted by atomic mass is 10.00. The van der Waals surface area contributed by atoms with Gasteiger partial charge < -0.3 is 5.32 Å². The van der Waals surface area contributed by atoms with Gasteiger partial charge in [-0.05, 0) is 38.3 Å². The Bertz CT molecular complexity index is 545. The molecule has 0 aliphatic carbocycles. The molecule has 3 nitrogen and oxygen atoms in total. The molecule has 1 aromatic heterocycles. The molecule has 0 radical (unpaired) electrons. The first-order valence-corrected chi connectivity index (χ1v) is 8.04. The fourth-order valence-corrected chi connectivity index (χ4v) is 2.61. The van der Waals surface area contributed by atoms with Crippen molar-refractivity contribution in [3.63, 3.8) is 0 Å². The van der Waals surface area contributed by atoms with Crippen LogP contribution in [-0.4, -0.2) is 16.3 Å². The van der Waals surface area contributed by atoms with E-state index in [1.807, 2.05) is 10.9 Å². The molecule has 0 fully saturated rings. The van der Waals surface area contributed by atoms with Gasteiger partial charge in [-0.2, -0.15) is 5.10 Å². The van der Waals surface area contributed by atoms with Crippen LogP contribution in [0.3, 0.4) is 0 Å². The summed E-state index contributed by atoms with van der Waals surface area (Å²) in [6.07, 6.45) is 7.48. The van der Waals surface area contributed by atoms with Gasteiger partial charge in [-0.3, -0.25) is 4.68 Å². The van der Waals surface area contributed by atoms with Crippen LogP contribution in [0.25, 0.3) is 0 Å². The lowest BCUT2D eigenvalue weighted by Gasteiger charge is -2.17. The van der Waals surface area contributed by atoms with Crippen LogP contribution >= 0.6 is 0 Å². The van der Waals surface area contributed by atoms with E-state index in [9.17, 15) is 0 Å². The fourth-order valence-electron chi connectivity index (χ4n) is 2.61. The molecule has 1 atom stereocenters. The van der Waals surface area contributed by atoms with Gasteiger partial charge in [0.15, 0.2) is 0 Å². The summed E-state index contributed by atoms with van der Waals surface area (Å²) < 4.78 is 2.05. The molecule has 0 bridgehead atoms. The molecule has 0 saturated heterocycles. The van der Waals surface area contributed by atoms with E-state index in [4.69, 9.17) is 0 Å². The van der Waals surface area contributed by atoms with Gasteiger partial charge in [0.25, 0.3) is 0 Å². The van der Waals surface area contributed by atoms with Crippen molar-refractivity contribution in [3.8, 4) is 0 Å². The third kappa shape index (κ3) is 4.71. The molecule has 0 saturated carbocycles.